The number of rotatable bonds is 2. The van der Waals surface area contributed by atoms with Gasteiger partial charge in [0.15, 0.2) is 0 Å². The van der Waals surface area contributed by atoms with Gasteiger partial charge in [-0.25, -0.2) is 0 Å². The van der Waals surface area contributed by atoms with Gasteiger partial charge >= 0.3 is 0 Å². The quantitative estimate of drug-likeness (QED) is 0.380. The van der Waals surface area contributed by atoms with E-state index in [0.717, 1.165) is 19.5 Å². The van der Waals surface area contributed by atoms with Crippen LogP contribution in [0.4, 0.5) is 0 Å². The Morgan fingerprint density at radius 2 is 2.27 bits per heavy atom. The van der Waals surface area contributed by atoms with Crippen molar-refractivity contribution in [1.82, 2.24) is 10.6 Å². The topological polar surface area (TPSA) is 76.1 Å². The van der Waals surface area contributed by atoms with Gasteiger partial charge < -0.3 is 16.8 Å². The van der Waals surface area contributed by atoms with Crippen LogP contribution in [0.1, 0.15) is 13.3 Å². The van der Waals surface area contributed by atoms with Gasteiger partial charge in [0.2, 0.25) is 0 Å². The van der Waals surface area contributed by atoms with Crippen LogP contribution in [0.3, 0.4) is 0 Å². The third-order valence-electron chi connectivity index (χ3n) is 2.19. The summed E-state index contributed by atoms with van der Waals surface area (Å²) in [5.41, 5.74) is 10.9. The van der Waals surface area contributed by atoms with Crippen molar-refractivity contribution < 1.29 is 0 Å². The van der Waals surface area contributed by atoms with Gasteiger partial charge in [-0.1, -0.05) is 6.92 Å². The lowest BCUT2D eigenvalue weighted by atomic mass is 9.95. The highest BCUT2D eigenvalue weighted by Gasteiger charge is 2.20. The number of nitrogens with two attached hydrogens (primary N) is 2. The Bertz CT molecular complexity index is 115. The van der Waals surface area contributed by atoms with E-state index in [0.29, 0.717) is 12.0 Å². The Kier molecular flexibility index (Phi) is 3.26. The van der Waals surface area contributed by atoms with Crippen LogP contribution in [0.25, 0.3) is 0 Å². The smallest absolute Gasteiger partial charge is 0.107 e. The van der Waals surface area contributed by atoms with Crippen molar-refractivity contribution in [3.8, 4) is 0 Å². The lowest BCUT2D eigenvalue weighted by Gasteiger charge is -2.31. The molecule has 0 aromatic heterocycles. The predicted octanol–water partition coefficient (Wildman–Crippen LogP) is -1.22. The Hall–Kier alpha value is -0.160. The molecule has 0 spiro atoms. The first-order valence-electron chi connectivity index (χ1n) is 4.18. The van der Waals surface area contributed by atoms with E-state index in [9.17, 15) is 0 Å². The highest BCUT2D eigenvalue weighted by atomic mass is 15.2. The number of piperidine rings is 1. The lowest BCUT2D eigenvalue weighted by Crippen LogP contribution is -2.55. The van der Waals surface area contributed by atoms with Gasteiger partial charge in [-0.15, -0.1) is 0 Å². The molecular weight excluding hydrogens is 140 g/mol. The van der Waals surface area contributed by atoms with Crippen molar-refractivity contribution in [3.63, 3.8) is 0 Å². The average Bonchev–Trinajstić information content (AvgIpc) is 1.93. The van der Waals surface area contributed by atoms with Crippen LogP contribution in [0.15, 0.2) is 0 Å². The SMILES string of the molecule is CC1CNCCC1NC(N)N. The second-order valence-corrected chi connectivity index (χ2v) is 3.27. The maximum Gasteiger partial charge on any atom is 0.107 e. The maximum atomic E-state index is 5.43. The van der Waals surface area contributed by atoms with Crippen molar-refractivity contribution in [1.29, 1.82) is 0 Å². The van der Waals surface area contributed by atoms with E-state index in [-0.39, 0.29) is 6.29 Å². The zero-order chi connectivity index (χ0) is 8.27. The van der Waals surface area contributed by atoms with Crippen LogP contribution in [-0.2, 0) is 0 Å². The molecule has 6 N–H and O–H groups in total. The molecule has 66 valence electrons. The molecule has 1 rings (SSSR count). The number of hydrogen-bond donors (Lipinski definition) is 4. The molecule has 0 radical (unpaired) electrons. The van der Waals surface area contributed by atoms with Crippen molar-refractivity contribution in [3.05, 3.63) is 0 Å². The van der Waals surface area contributed by atoms with E-state index in [2.05, 4.69) is 17.6 Å². The molecule has 2 atom stereocenters. The van der Waals surface area contributed by atoms with E-state index in [1.54, 1.807) is 0 Å². The maximum absolute atomic E-state index is 5.43. The average molecular weight is 158 g/mol. The summed E-state index contributed by atoms with van der Waals surface area (Å²) in [6.45, 7) is 4.32. The largest absolute Gasteiger partial charge is 0.316 e. The fourth-order valence-electron chi connectivity index (χ4n) is 1.51. The third-order valence-corrected chi connectivity index (χ3v) is 2.19. The lowest BCUT2D eigenvalue weighted by molar-refractivity contribution is 0.275. The highest BCUT2D eigenvalue weighted by Crippen LogP contribution is 2.09. The molecule has 0 bridgehead atoms. The van der Waals surface area contributed by atoms with Gasteiger partial charge in [0.05, 0.1) is 0 Å². The van der Waals surface area contributed by atoms with E-state index in [4.69, 9.17) is 11.5 Å². The molecule has 1 fully saturated rings. The molecule has 0 aromatic carbocycles. The van der Waals surface area contributed by atoms with Crippen LogP contribution in [0.5, 0.6) is 0 Å². The highest BCUT2D eigenvalue weighted by molar-refractivity contribution is 4.80. The first-order valence-corrected chi connectivity index (χ1v) is 4.18. The van der Waals surface area contributed by atoms with Crippen LogP contribution in [0.2, 0.25) is 0 Å². The van der Waals surface area contributed by atoms with E-state index in [1.807, 2.05) is 0 Å². The van der Waals surface area contributed by atoms with Crippen LogP contribution in [0, 0.1) is 5.92 Å². The zero-order valence-electron chi connectivity index (χ0n) is 7.01. The summed E-state index contributed by atoms with van der Waals surface area (Å²) < 4.78 is 0. The van der Waals surface area contributed by atoms with Crippen LogP contribution < -0.4 is 22.1 Å². The molecule has 0 aromatic rings. The molecule has 2 unspecified atom stereocenters. The van der Waals surface area contributed by atoms with Gasteiger partial charge in [-0.2, -0.15) is 0 Å². The standard InChI is InChI=1S/C7H18N4/c1-5-4-10-3-2-6(5)11-7(8)9/h5-7,10-11H,2-4,8-9H2,1H3. The minimum absolute atomic E-state index is 0.374. The van der Waals surface area contributed by atoms with Crippen molar-refractivity contribution in [2.24, 2.45) is 17.4 Å². The molecule has 0 aliphatic carbocycles. The monoisotopic (exact) mass is 158 g/mol. The fourth-order valence-corrected chi connectivity index (χ4v) is 1.51. The molecule has 1 aliphatic heterocycles. The molecule has 1 heterocycles. The van der Waals surface area contributed by atoms with Gasteiger partial charge in [0, 0.05) is 6.04 Å². The summed E-state index contributed by atoms with van der Waals surface area (Å²) >= 11 is 0. The van der Waals surface area contributed by atoms with E-state index >= 15 is 0 Å². The van der Waals surface area contributed by atoms with Crippen molar-refractivity contribution >= 4 is 0 Å². The van der Waals surface area contributed by atoms with Gasteiger partial charge in [0.1, 0.15) is 6.29 Å². The first-order chi connectivity index (χ1) is 5.20. The summed E-state index contributed by atoms with van der Waals surface area (Å²) in [5, 5.41) is 6.46. The summed E-state index contributed by atoms with van der Waals surface area (Å²) in [6.07, 6.45) is 0.743. The van der Waals surface area contributed by atoms with E-state index < -0.39 is 0 Å². The molecule has 1 saturated heterocycles. The molecule has 1 aliphatic rings. The van der Waals surface area contributed by atoms with Crippen molar-refractivity contribution in [2.45, 2.75) is 25.7 Å². The molecule has 4 nitrogen and oxygen atoms in total. The second kappa shape index (κ2) is 4.01. The summed E-state index contributed by atoms with van der Waals surface area (Å²) in [5.74, 6) is 0.623. The van der Waals surface area contributed by atoms with Crippen LogP contribution >= 0.6 is 0 Å². The molecule has 0 amide bonds. The Morgan fingerprint density at radius 1 is 1.55 bits per heavy atom. The second-order valence-electron chi connectivity index (χ2n) is 3.27. The normalized spacial score (nSPS) is 32.7. The van der Waals surface area contributed by atoms with Gasteiger partial charge in [-0.05, 0) is 25.4 Å². The Morgan fingerprint density at radius 3 is 2.82 bits per heavy atom. The minimum Gasteiger partial charge on any atom is -0.316 e. The number of nitrogens with one attached hydrogen (secondary N) is 2. The zero-order valence-corrected chi connectivity index (χ0v) is 7.01. The summed E-state index contributed by atoms with van der Waals surface area (Å²) in [6, 6.07) is 0.483. The summed E-state index contributed by atoms with van der Waals surface area (Å²) in [7, 11) is 0. The van der Waals surface area contributed by atoms with Gasteiger partial charge in [-0.3, -0.25) is 5.32 Å². The van der Waals surface area contributed by atoms with E-state index in [1.165, 1.54) is 0 Å². The Balaban J connectivity index is 2.29. The summed E-state index contributed by atoms with van der Waals surface area (Å²) in [4.78, 5) is 0. The van der Waals surface area contributed by atoms with Gasteiger partial charge in [0.25, 0.3) is 0 Å². The molecule has 11 heavy (non-hydrogen) atoms. The molecular formula is C7H18N4. The van der Waals surface area contributed by atoms with Crippen molar-refractivity contribution in [2.75, 3.05) is 13.1 Å². The predicted molar refractivity (Wildman–Crippen MR) is 45.7 cm³/mol. The molecule has 4 heteroatoms. The van der Waals surface area contributed by atoms with Crippen LogP contribution in [-0.4, -0.2) is 25.4 Å². The third kappa shape index (κ3) is 2.75. The molecule has 0 saturated carbocycles. The minimum atomic E-state index is -0.374. The fraction of sp³-hybridized carbons (Fsp3) is 1.00. The number of hydrogen-bond acceptors (Lipinski definition) is 4. The first kappa shape index (κ1) is 8.93. The Labute approximate surface area is 67.7 Å².